The molecule has 0 amide bonds. The molecule has 0 atom stereocenters. The minimum absolute atomic E-state index is 0.0224. The van der Waals surface area contributed by atoms with E-state index in [4.69, 9.17) is 5.11 Å². The number of carboxylic acid groups (broad SMARTS) is 1. The predicted molar refractivity (Wildman–Crippen MR) is 59.5 cm³/mol. The van der Waals surface area contributed by atoms with Crippen molar-refractivity contribution in [3.05, 3.63) is 36.2 Å². The first kappa shape index (κ1) is 11.1. The van der Waals surface area contributed by atoms with E-state index < -0.39 is 5.97 Å². The first-order valence-electron chi connectivity index (χ1n) is 4.93. The van der Waals surface area contributed by atoms with Crippen molar-refractivity contribution >= 4 is 11.7 Å². The Balaban J connectivity index is 2.00. The van der Waals surface area contributed by atoms with Gasteiger partial charge in [0.05, 0.1) is 18.4 Å². The van der Waals surface area contributed by atoms with Crippen LogP contribution < -0.4 is 5.32 Å². The van der Waals surface area contributed by atoms with Gasteiger partial charge in [-0.25, -0.2) is 9.78 Å². The molecule has 0 radical (unpaired) electrons. The second-order valence-corrected chi connectivity index (χ2v) is 3.45. The lowest BCUT2D eigenvalue weighted by molar-refractivity contribution is 0.0690. The van der Waals surface area contributed by atoms with Gasteiger partial charge in [-0.15, -0.1) is 10.2 Å². The highest BCUT2D eigenvalue weighted by atomic mass is 16.4. The Hall–Kier alpha value is -2.44. The third-order valence-electron chi connectivity index (χ3n) is 2.24. The molecule has 88 valence electrons. The van der Waals surface area contributed by atoms with Crippen molar-refractivity contribution in [1.29, 1.82) is 0 Å². The lowest BCUT2D eigenvalue weighted by atomic mass is 10.3. The lowest BCUT2D eigenvalue weighted by Crippen LogP contribution is -2.06. The van der Waals surface area contributed by atoms with Crippen LogP contribution in [-0.2, 0) is 13.6 Å². The highest BCUT2D eigenvalue weighted by Crippen LogP contribution is 2.07. The number of carbonyl (C=O) groups is 1. The SMILES string of the molecule is Cn1cnnc1CNc1ccc(C(=O)O)nc1. The van der Waals surface area contributed by atoms with E-state index in [2.05, 4.69) is 20.5 Å². The number of hydrogen-bond donors (Lipinski definition) is 2. The predicted octanol–water partition coefficient (Wildman–Crippen LogP) is 0.520. The molecule has 0 fully saturated rings. The van der Waals surface area contributed by atoms with E-state index in [9.17, 15) is 4.79 Å². The standard InChI is InChI=1S/C10H11N5O2/c1-15-6-13-14-9(15)5-11-7-2-3-8(10(16)17)12-4-7/h2-4,6,11H,5H2,1H3,(H,16,17). The van der Waals surface area contributed by atoms with E-state index in [1.54, 1.807) is 17.0 Å². The summed E-state index contributed by atoms with van der Waals surface area (Å²) in [6.07, 6.45) is 3.09. The van der Waals surface area contributed by atoms with Gasteiger partial charge in [0.25, 0.3) is 0 Å². The van der Waals surface area contributed by atoms with Gasteiger partial charge < -0.3 is 15.0 Å². The van der Waals surface area contributed by atoms with Crippen LogP contribution in [0.25, 0.3) is 0 Å². The largest absolute Gasteiger partial charge is 0.477 e. The molecule has 0 aliphatic heterocycles. The molecule has 0 unspecified atom stereocenters. The van der Waals surface area contributed by atoms with Crippen LogP contribution in [0.3, 0.4) is 0 Å². The molecule has 2 N–H and O–H groups in total. The minimum Gasteiger partial charge on any atom is -0.477 e. The van der Waals surface area contributed by atoms with Crippen molar-refractivity contribution < 1.29 is 9.90 Å². The van der Waals surface area contributed by atoms with Gasteiger partial charge in [0, 0.05) is 7.05 Å². The summed E-state index contributed by atoms with van der Waals surface area (Å²) in [5.74, 6) is -0.253. The van der Waals surface area contributed by atoms with Gasteiger partial charge in [0.15, 0.2) is 5.82 Å². The summed E-state index contributed by atoms with van der Waals surface area (Å²) in [7, 11) is 1.85. The average Bonchev–Trinajstić information content (AvgIpc) is 2.73. The number of hydrogen-bond acceptors (Lipinski definition) is 5. The zero-order chi connectivity index (χ0) is 12.3. The van der Waals surface area contributed by atoms with Crippen molar-refractivity contribution in [3.63, 3.8) is 0 Å². The molecule has 2 aromatic heterocycles. The fraction of sp³-hybridized carbons (Fsp3) is 0.200. The molecule has 0 spiro atoms. The first-order valence-corrected chi connectivity index (χ1v) is 4.93. The van der Waals surface area contributed by atoms with Crippen molar-refractivity contribution in [2.24, 2.45) is 7.05 Å². The third-order valence-corrected chi connectivity index (χ3v) is 2.24. The third kappa shape index (κ3) is 2.57. The summed E-state index contributed by atoms with van der Waals surface area (Å²) in [6, 6.07) is 3.11. The molecule has 2 rings (SSSR count). The summed E-state index contributed by atoms with van der Waals surface area (Å²) < 4.78 is 1.80. The molecule has 7 heteroatoms. The van der Waals surface area contributed by atoms with Crippen molar-refractivity contribution in [1.82, 2.24) is 19.7 Å². The Morgan fingerprint density at radius 1 is 1.53 bits per heavy atom. The second-order valence-electron chi connectivity index (χ2n) is 3.45. The number of aromatic carboxylic acids is 1. The smallest absolute Gasteiger partial charge is 0.354 e. The Bertz CT molecular complexity index is 520. The maximum Gasteiger partial charge on any atom is 0.354 e. The number of rotatable bonds is 4. The van der Waals surface area contributed by atoms with Gasteiger partial charge in [0.2, 0.25) is 0 Å². The number of aryl methyl sites for hydroxylation is 1. The highest BCUT2D eigenvalue weighted by Gasteiger charge is 2.04. The Labute approximate surface area is 97.1 Å². The van der Waals surface area contributed by atoms with E-state index in [-0.39, 0.29) is 5.69 Å². The molecule has 0 saturated carbocycles. The van der Waals surface area contributed by atoms with E-state index in [1.807, 2.05) is 7.05 Å². The number of carboxylic acids is 1. The van der Waals surface area contributed by atoms with Gasteiger partial charge in [0.1, 0.15) is 12.0 Å². The van der Waals surface area contributed by atoms with Gasteiger partial charge >= 0.3 is 5.97 Å². The van der Waals surface area contributed by atoms with Crippen LogP contribution in [0.4, 0.5) is 5.69 Å². The van der Waals surface area contributed by atoms with Crippen LogP contribution in [0.2, 0.25) is 0 Å². The normalized spacial score (nSPS) is 10.2. The van der Waals surface area contributed by atoms with Gasteiger partial charge in [-0.2, -0.15) is 0 Å². The van der Waals surface area contributed by atoms with Crippen molar-refractivity contribution in [3.8, 4) is 0 Å². The number of aromatic nitrogens is 4. The molecule has 0 bridgehead atoms. The van der Waals surface area contributed by atoms with Crippen molar-refractivity contribution in [2.45, 2.75) is 6.54 Å². The molecule has 0 aliphatic carbocycles. The van der Waals surface area contributed by atoms with Crippen LogP contribution in [0.15, 0.2) is 24.7 Å². The molecule has 7 nitrogen and oxygen atoms in total. The Morgan fingerprint density at radius 2 is 2.35 bits per heavy atom. The van der Waals surface area contributed by atoms with E-state index >= 15 is 0 Å². The zero-order valence-electron chi connectivity index (χ0n) is 9.16. The van der Waals surface area contributed by atoms with Gasteiger partial charge in [-0.05, 0) is 12.1 Å². The van der Waals surface area contributed by atoms with E-state index in [1.165, 1.54) is 12.3 Å². The quantitative estimate of drug-likeness (QED) is 0.799. The molecule has 2 aromatic rings. The highest BCUT2D eigenvalue weighted by molar-refractivity contribution is 5.85. The summed E-state index contributed by atoms with van der Waals surface area (Å²) in [4.78, 5) is 14.4. The number of pyridine rings is 1. The number of nitrogens with one attached hydrogen (secondary N) is 1. The van der Waals surface area contributed by atoms with E-state index in [0.717, 1.165) is 11.5 Å². The van der Waals surface area contributed by atoms with Crippen LogP contribution >= 0.6 is 0 Å². The average molecular weight is 233 g/mol. The fourth-order valence-electron chi connectivity index (χ4n) is 1.27. The van der Waals surface area contributed by atoms with E-state index in [0.29, 0.717) is 6.54 Å². The molecular weight excluding hydrogens is 222 g/mol. The van der Waals surface area contributed by atoms with Crippen LogP contribution in [0.5, 0.6) is 0 Å². The molecule has 0 saturated heterocycles. The second kappa shape index (κ2) is 4.60. The van der Waals surface area contributed by atoms with Crippen LogP contribution in [-0.4, -0.2) is 30.8 Å². The molecule has 0 aromatic carbocycles. The molecule has 0 aliphatic rings. The van der Waals surface area contributed by atoms with Crippen LogP contribution in [0, 0.1) is 0 Å². The summed E-state index contributed by atoms with van der Waals surface area (Å²) in [5, 5.41) is 19.4. The molecule has 2 heterocycles. The van der Waals surface area contributed by atoms with Gasteiger partial charge in [-0.3, -0.25) is 0 Å². The fourth-order valence-corrected chi connectivity index (χ4v) is 1.27. The summed E-state index contributed by atoms with van der Waals surface area (Å²) >= 11 is 0. The van der Waals surface area contributed by atoms with Gasteiger partial charge in [-0.1, -0.05) is 0 Å². The Morgan fingerprint density at radius 3 is 2.88 bits per heavy atom. The van der Waals surface area contributed by atoms with Crippen LogP contribution in [0.1, 0.15) is 16.3 Å². The minimum atomic E-state index is -1.04. The monoisotopic (exact) mass is 233 g/mol. The molecule has 17 heavy (non-hydrogen) atoms. The number of nitrogens with zero attached hydrogens (tertiary/aromatic N) is 4. The summed E-state index contributed by atoms with van der Waals surface area (Å²) in [5.41, 5.74) is 0.757. The molecular formula is C10H11N5O2. The zero-order valence-corrected chi connectivity index (χ0v) is 9.16. The number of anilines is 1. The van der Waals surface area contributed by atoms with Crippen molar-refractivity contribution in [2.75, 3.05) is 5.32 Å². The lowest BCUT2D eigenvalue weighted by Gasteiger charge is -2.05. The maximum atomic E-state index is 10.6. The summed E-state index contributed by atoms with van der Waals surface area (Å²) in [6.45, 7) is 0.505. The topological polar surface area (TPSA) is 92.9 Å². The maximum absolute atomic E-state index is 10.6. The Kier molecular flexibility index (Phi) is 2.99. The first-order chi connectivity index (χ1) is 8.16.